The summed E-state index contributed by atoms with van der Waals surface area (Å²) < 4.78 is 29.0. The van der Waals surface area contributed by atoms with E-state index in [1.807, 2.05) is 55.5 Å². The molecular formula is C22H20BrNO2S. The Morgan fingerprint density at radius 2 is 1.52 bits per heavy atom. The lowest BCUT2D eigenvalue weighted by Gasteiger charge is -2.27. The lowest BCUT2D eigenvalue weighted by molar-refractivity contribution is 0.594. The maximum atomic E-state index is 13.5. The fraction of sp³-hybridized carbons (Fsp3) is 0.0909. The quantitative estimate of drug-likeness (QED) is 0.491. The van der Waals surface area contributed by atoms with Crippen molar-refractivity contribution in [3.05, 3.63) is 107 Å². The predicted octanol–water partition coefficient (Wildman–Crippen LogP) is 5.71. The van der Waals surface area contributed by atoms with Crippen LogP contribution >= 0.6 is 15.9 Å². The van der Waals surface area contributed by atoms with E-state index < -0.39 is 10.0 Å². The van der Waals surface area contributed by atoms with Crippen LogP contribution in [-0.4, -0.2) is 8.42 Å². The molecule has 3 aromatic rings. The Morgan fingerprint density at radius 3 is 2.15 bits per heavy atom. The molecule has 0 spiro atoms. The monoisotopic (exact) mass is 441 g/mol. The van der Waals surface area contributed by atoms with Crippen LogP contribution in [0.4, 0.5) is 5.69 Å². The third-order valence-electron chi connectivity index (χ3n) is 4.17. The van der Waals surface area contributed by atoms with Gasteiger partial charge in [-0.3, -0.25) is 0 Å². The maximum absolute atomic E-state index is 13.5. The number of benzene rings is 3. The number of nitrogens with zero attached hydrogens (tertiary/aromatic N) is 1. The molecule has 3 nitrogen and oxygen atoms in total. The molecule has 0 unspecified atom stereocenters. The minimum Gasteiger partial charge on any atom is -0.238 e. The van der Waals surface area contributed by atoms with Gasteiger partial charge in [-0.1, -0.05) is 66.7 Å². The van der Waals surface area contributed by atoms with Crippen LogP contribution in [0.25, 0.3) is 0 Å². The van der Waals surface area contributed by atoms with Crippen molar-refractivity contribution in [1.82, 2.24) is 0 Å². The van der Waals surface area contributed by atoms with Crippen molar-refractivity contribution >= 4 is 31.6 Å². The summed E-state index contributed by atoms with van der Waals surface area (Å²) in [5.41, 5.74) is 3.02. The second kappa shape index (κ2) is 8.11. The number of aryl methyl sites for hydroxylation is 1. The molecule has 0 saturated carbocycles. The van der Waals surface area contributed by atoms with Crippen LogP contribution in [0.15, 0.2) is 101 Å². The number of hydrogen-bond donors (Lipinski definition) is 0. The zero-order valence-corrected chi connectivity index (χ0v) is 17.4. The number of halogens is 1. The van der Waals surface area contributed by atoms with Gasteiger partial charge in [0.25, 0.3) is 10.0 Å². The molecule has 0 fully saturated rings. The smallest absolute Gasteiger partial charge is 0.238 e. The Balaban J connectivity index is 2.09. The molecule has 0 amide bonds. The van der Waals surface area contributed by atoms with Gasteiger partial charge in [0.2, 0.25) is 0 Å². The molecule has 138 valence electrons. The minimum atomic E-state index is -3.81. The fourth-order valence-corrected chi connectivity index (χ4v) is 4.90. The van der Waals surface area contributed by atoms with Crippen molar-refractivity contribution in [3.63, 3.8) is 0 Å². The summed E-state index contributed by atoms with van der Waals surface area (Å²) in [7, 11) is -3.81. The average Bonchev–Trinajstić information content (AvgIpc) is 2.64. The summed E-state index contributed by atoms with van der Waals surface area (Å²) in [5, 5.41) is 0. The summed E-state index contributed by atoms with van der Waals surface area (Å²) in [4.78, 5) is 0.234. The van der Waals surface area contributed by atoms with E-state index in [1.165, 1.54) is 4.31 Å². The fourth-order valence-electron chi connectivity index (χ4n) is 2.81. The van der Waals surface area contributed by atoms with Gasteiger partial charge in [0.05, 0.1) is 10.6 Å². The number of allylic oxidation sites excluding steroid dienone is 1. The van der Waals surface area contributed by atoms with Crippen molar-refractivity contribution < 1.29 is 8.42 Å². The van der Waals surface area contributed by atoms with Gasteiger partial charge in [-0.15, -0.1) is 0 Å². The third kappa shape index (κ3) is 4.31. The molecule has 3 aromatic carbocycles. The van der Waals surface area contributed by atoms with E-state index >= 15 is 0 Å². The maximum Gasteiger partial charge on any atom is 0.268 e. The van der Waals surface area contributed by atoms with Crippen LogP contribution in [0.2, 0.25) is 0 Å². The van der Waals surface area contributed by atoms with E-state index in [4.69, 9.17) is 0 Å². The van der Waals surface area contributed by atoms with E-state index in [0.717, 1.165) is 11.1 Å². The molecule has 5 heteroatoms. The van der Waals surface area contributed by atoms with Crippen LogP contribution in [0.5, 0.6) is 0 Å². The lowest BCUT2D eigenvalue weighted by atomic mass is 10.1. The van der Waals surface area contributed by atoms with Crippen molar-refractivity contribution in [2.24, 2.45) is 0 Å². The largest absolute Gasteiger partial charge is 0.268 e. The number of anilines is 1. The highest BCUT2D eigenvalue weighted by molar-refractivity contribution is 9.10. The van der Waals surface area contributed by atoms with Crippen molar-refractivity contribution in [2.75, 3.05) is 4.31 Å². The van der Waals surface area contributed by atoms with E-state index in [1.54, 1.807) is 30.3 Å². The highest BCUT2D eigenvalue weighted by atomic mass is 79.9. The molecule has 0 aliphatic carbocycles. The van der Waals surface area contributed by atoms with Gasteiger partial charge in [0.15, 0.2) is 0 Å². The Labute approximate surface area is 169 Å². The van der Waals surface area contributed by atoms with Crippen LogP contribution in [-0.2, 0) is 16.4 Å². The first kappa shape index (κ1) is 19.4. The number of hydrogen-bond acceptors (Lipinski definition) is 2. The van der Waals surface area contributed by atoms with Crippen LogP contribution in [0, 0.1) is 6.92 Å². The molecular weight excluding hydrogens is 422 g/mol. The molecule has 0 aliphatic heterocycles. The zero-order chi connectivity index (χ0) is 19.4. The predicted molar refractivity (Wildman–Crippen MR) is 114 cm³/mol. The van der Waals surface area contributed by atoms with Gasteiger partial charge >= 0.3 is 0 Å². The highest BCUT2D eigenvalue weighted by Crippen LogP contribution is 2.34. The molecule has 0 atom stereocenters. The van der Waals surface area contributed by atoms with Crippen molar-refractivity contribution in [3.8, 4) is 0 Å². The van der Waals surface area contributed by atoms with Gasteiger partial charge < -0.3 is 0 Å². The Bertz CT molecular complexity index is 1050. The summed E-state index contributed by atoms with van der Waals surface area (Å²) in [6, 6.07) is 23.8. The Kier molecular flexibility index (Phi) is 5.82. The second-order valence-electron chi connectivity index (χ2n) is 6.26. The Morgan fingerprint density at radius 1 is 0.926 bits per heavy atom. The molecule has 0 aromatic heterocycles. The van der Waals surface area contributed by atoms with Gasteiger partial charge in [-0.25, -0.2) is 12.7 Å². The van der Waals surface area contributed by atoms with Crippen LogP contribution < -0.4 is 4.31 Å². The molecule has 0 N–H and O–H groups in total. The van der Waals surface area contributed by atoms with E-state index in [2.05, 4.69) is 22.5 Å². The van der Waals surface area contributed by atoms with Crippen LogP contribution in [0.1, 0.15) is 11.1 Å². The van der Waals surface area contributed by atoms with Gasteiger partial charge in [-0.2, -0.15) is 0 Å². The first-order valence-electron chi connectivity index (χ1n) is 8.48. The summed E-state index contributed by atoms with van der Waals surface area (Å²) in [5.74, 6) is 0. The van der Waals surface area contributed by atoms with E-state index in [-0.39, 0.29) is 4.90 Å². The first-order valence-corrected chi connectivity index (χ1v) is 10.7. The van der Waals surface area contributed by atoms with Crippen LogP contribution in [0.3, 0.4) is 0 Å². The summed E-state index contributed by atoms with van der Waals surface area (Å²) in [6.07, 6.45) is 0.424. The number of sulfonamides is 1. The minimum absolute atomic E-state index is 0.234. The van der Waals surface area contributed by atoms with E-state index in [9.17, 15) is 8.42 Å². The molecule has 0 heterocycles. The lowest BCUT2D eigenvalue weighted by Crippen LogP contribution is -2.31. The molecule has 0 radical (unpaired) electrons. The second-order valence-corrected chi connectivity index (χ2v) is 8.90. The third-order valence-corrected chi connectivity index (χ3v) is 6.64. The zero-order valence-electron chi connectivity index (χ0n) is 15.0. The topological polar surface area (TPSA) is 37.4 Å². The SMILES string of the molecule is C=C(Cc1ccccc1)N(c1ccccc1Br)S(=O)(=O)c1ccc(C)cc1. The summed E-state index contributed by atoms with van der Waals surface area (Å²) >= 11 is 3.48. The van der Waals surface area contributed by atoms with Gasteiger partial charge in [0.1, 0.15) is 0 Å². The van der Waals surface area contributed by atoms with Crippen molar-refractivity contribution in [1.29, 1.82) is 0 Å². The van der Waals surface area contributed by atoms with Gasteiger partial charge in [0, 0.05) is 16.6 Å². The first-order chi connectivity index (χ1) is 12.9. The highest BCUT2D eigenvalue weighted by Gasteiger charge is 2.28. The molecule has 0 aliphatic rings. The standard InChI is InChI=1S/C22H20BrNO2S/c1-17-12-14-20(15-13-17)27(25,26)24(22-11-7-6-10-21(22)23)18(2)16-19-8-4-3-5-9-19/h3-15H,2,16H2,1H3. The molecule has 27 heavy (non-hydrogen) atoms. The Hall–Kier alpha value is -2.37. The van der Waals surface area contributed by atoms with E-state index in [0.29, 0.717) is 22.3 Å². The van der Waals surface area contributed by atoms with Crippen molar-refractivity contribution in [2.45, 2.75) is 18.2 Å². The molecule has 0 saturated heterocycles. The number of rotatable bonds is 6. The van der Waals surface area contributed by atoms with Gasteiger partial charge in [-0.05, 0) is 52.7 Å². The molecule has 3 rings (SSSR count). The normalized spacial score (nSPS) is 11.2. The average molecular weight is 442 g/mol. The molecule has 0 bridgehead atoms. The summed E-state index contributed by atoms with van der Waals surface area (Å²) in [6.45, 7) is 6.03. The number of para-hydroxylation sites is 1.